The molecule has 0 bridgehead atoms. The number of hydrogen-bond acceptors (Lipinski definition) is 7. The van der Waals surface area contributed by atoms with Gasteiger partial charge in [-0.25, -0.2) is 4.45 Å². The normalized spacial score (nSPS) is 17.5. The lowest BCUT2D eigenvalue weighted by molar-refractivity contribution is -0.141. The summed E-state index contributed by atoms with van der Waals surface area (Å²) in [5, 5.41) is 7.89. The predicted molar refractivity (Wildman–Crippen MR) is 179 cm³/mol. The number of carbonyl (C=O) groups is 3. The van der Waals surface area contributed by atoms with Crippen LogP contribution in [0.25, 0.3) is 10.9 Å². The number of nitrogens with zero attached hydrogens (tertiary/aromatic N) is 7. The van der Waals surface area contributed by atoms with Crippen LogP contribution in [0.3, 0.4) is 0 Å². The van der Waals surface area contributed by atoms with Crippen LogP contribution in [0.15, 0.2) is 48.9 Å². The van der Waals surface area contributed by atoms with E-state index in [1.165, 1.54) is 25.7 Å². The van der Waals surface area contributed by atoms with Gasteiger partial charge in [0.25, 0.3) is 0 Å². The lowest BCUT2D eigenvalue weighted by Gasteiger charge is -2.39. The molecular weight excluding hydrogens is 666 g/mol. The van der Waals surface area contributed by atoms with Crippen molar-refractivity contribution in [2.75, 3.05) is 63.1 Å². The second-order valence-electron chi connectivity index (χ2n) is 10.7. The van der Waals surface area contributed by atoms with Crippen LogP contribution < -0.4 is 10.2 Å². The van der Waals surface area contributed by atoms with Gasteiger partial charge in [0, 0.05) is 82.0 Å². The molecule has 1 aromatic carbocycles. The molecule has 3 amide bonds. The zero-order valence-electron chi connectivity index (χ0n) is 25.0. The summed E-state index contributed by atoms with van der Waals surface area (Å²) in [6.45, 7) is 13.9. The second-order valence-corrected chi connectivity index (χ2v) is 12.7. The molecule has 13 heteroatoms. The van der Waals surface area contributed by atoms with Gasteiger partial charge in [-0.05, 0) is 48.1 Å². The summed E-state index contributed by atoms with van der Waals surface area (Å²) in [5.74, 6) is 0.122. The molecule has 0 saturated carbocycles. The number of hydrogen-bond donors (Lipinski definition) is 1. The summed E-state index contributed by atoms with van der Waals surface area (Å²) < 4.78 is 1.85. The summed E-state index contributed by atoms with van der Waals surface area (Å²) in [6, 6.07) is 10.8. The fourth-order valence-electron chi connectivity index (χ4n) is 4.77. The van der Waals surface area contributed by atoms with Crippen LogP contribution in [-0.4, -0.2) is 106 Å². The van der Waals surface area contributed by atoms with E-state index in [0.29, 0.717) is 31.7 Å². The van der Waals surface area contributed by atoms with Crippen LogP contribution in [-0.2, 0) is 14.4 Å². The zero-order chi connectivity index (χ0) is 30.6. The van der Waals surface area contributed by atoms with Crippen molar-refractivity contribution in [1.82, 2.24) is 29.2 Å². The molecule has 1 N–H and O–H groups in total. The van der Waals surface area contributed by atoms with Crippen molar-refractivity contribution in [2.24, 2.45) is 5.92 Å². The average Bonchev–Trinajstić information content (AvgIpc) is 3.42. The first-order chi connectivity index (χ1) is 20.1. The van der Waals surface area contributed by atoms with Crippen molar-refractivity contribution in [2.45, 2.75) is 33.7 Å². The molecule has 228 valence electrons. The molecule has 42 heavy (non-hydrogen) atoms. The summed E-state index contributed by atoms with van der Waals surface area (Å²) in [6.07, 6.45) is 6.48. The number of pyridine rings is 1. The van der Waals surface area contributed by atoms with Crippen molar-refractivity contribution in [3.63, 3.8) is 0 Å². The summed E-state index contributed by atoms with van der Waals surface area (Å²) >= 11 is 2.24. The maximum Gasteiger partial charge on any atom is 0.225 e. The van der Waals surface area contributed by atoms with E-state index in [1.54, 1.807) is 23.5 Å². The average molecular weight is 709 g/mol. The molecule has 2 aliphatic rings. The van der Waals surface area contributed by atoms with Crippen LogP contribution in [0.1, 0.15) is 27.7 Å². The van der Waals surface area contributed by atoms with E-state index >= 15 is 0 Å². The first-order valence-corrected chi connectivity index (χ1v) is 18.1. The minimum Gasteiger partial charge on any atom is -0.369 e. The quantitative estimate of drug-likeness (QED) is 0.243. The highest BCUT2D eigenvalue weighted by Crippen LogP contribution is 2.31. The highest BCUT2D eigenvalue weighted by atomic mass is 127. The third-order valence-corrected chi connectivity index (χ3v) is 8.94. The van der Waals surface area contributed by atoms with Gasteiger partial charge in [-0.15, -0.1) is 0 Å². The van der Waals surface area contributed by atoms with E-state index in [0.717, 1.165) is 30.4 Å². The maximum absolute atomic E-state index is 11.7. The van der Waals surface area contributed by atoms with Gasteiger partial charge >= 0.3 is 0 Å². The Balaban J connectivity index is 0.000000173. The van der Waals surface area contributed by atoms with E-state index in [1.807, 2.05) is 30.1 Å². The van der Waals surface area contributed by atoms with Crippen molar-refractivity contribution in [1.29, 1.82) is 0 Å². The molecule has 3 aromatic rings. The van der Waals surface area contributed by atoms with Crippen LogP contribution >= 0.6 is 28.4 Å². The van der Waals surface area contributed by atoms with Crippen molar-refractivity contribution in [3.05, 3.63) is 48.9 Å². The minimum atomic E-state index is -0.103. The number of para-hydroxylation sites is 1. The van der Waals surface area contributed by atoms with E-state index in [2.05, 4.69) is 84.6 Å². The topological polar surface area (TPSA) is 107 Å². The molecular formula is C29H42IN8O3P. The molecule has 0 aliphatic carbocycles. The van der Waals surface area contributed by atoms with Gasteiger partial charge < -0.3 is 24.9 Å². The largest absolute Gasteiger partial charge is 0.369 e. The van der Waals surface area contributed by atoms with E-state index in [9.17, 15) is 14.4 Å². The lowest BCUT2D eigenvalue weighted by Crippen LogP contribution is -2.54. The van der Waals surface area contributed by atoms with Crippen molar-refractivity contribution >= 4 is 68.9 Å². The molecule has 5 rings (SSSR count). The summed E-state index contributed by atoms with van der Waals surface area (Å²) in [4.78, 5) is 45.7. The number of nitrogens with one attached hydrogen (secondary N) is 1. The molecule has 2 atom stereocenters. The van der Waals surface area contributed by atoms with Gasteiger partial charge in [-0.3, -0.25) is 19.4 Å². The van der Waals surface area contributed by atoms with E-state index in [4.69, 9.17) is 0 Å². The third kappa shape index (κ3) is 9.60. The van der Waals surface area contributed by atoms with Gasteiger partial charge in [0.1, 0.15) is 0 Å². The Hall–Kier alpha value is -2.83. The second kappa shape index (κ2) is 16.7. The number of amides is 3. The summed E-state index contributed by atoms with van der Waals surface area (Å²) in [5.41, 5.74) is 2.99. The molecule has 0 spiro atoms. The summed E-state index contributed by atoms with van der Waals surface area (Å²) in [7, 11) is 2.18. The molecule has 2 aromatic heterocycles. The molecule has 4 heterocycles. The number of carbonyl (C=O) groups excluding carboxylic acids is 3. The van der Waals surface area contributed by atoms with Crippen LogP contribution in [0.4, 0.5) is 11.4 Å². The van der Waals surface area contributed by atoms with Crippen molar-refractivity contribution in [3.8, 4) is 0 Å². The molecule has 2 fully saturated rings. The van der Waals surface area contributed by atoms with Gasteiger partial charge in [0.05, 0.1) is 30.0 Å². The lowest BCUT2D eigenvalue weighted by atomic mass is 10.1. The smallest absolute Gasteiger partial charge is 0.225 e. The number of benzene rings is 1. The maximum atomic E-state index is 11.7. The Morgan fingerprint density at radius 1 is 1.05 bits per heavy atom. The number of halogens is 1. The number of rotatable bonds is 5. The Morgan fingerprint density at radius 3 is 2.31 bits per heavy atom. The van der Waals surface area contributed by atoms with E-state index < -0.39 is 0 Å². The highest BCUT2D eigenvalue weighted by Gasteiger charge is 2.27. The predicted octanol–water partition coefficient (Wildman–Crippen LogP) is 3.95. The molecule has 2 aliphatic heterocycles. The zero-order valence-corrected chi connectivity index (χ0v) is 28.2. The number of likely N-dealkylation sites (N-methyl/N-ethyl adjacent to an activating group) is 1. The monoisotopic (exact) mass is 708 g/mol. The molecule has 11 nitrogen and oxygen atoms in total. The first-order valence-electron chi connectivity index (χ1n) is 14.1. The van der Waals surface area contributed by atoms with Gasteiger partial charge in [-0.2, -0.15) is 5.10 Å². The number of piperazine rings is 2. The Kier molecular flexibility index (Phi) is 13.4. The third-order valence-electron chi connectivity index (χ3n) is 7.07. The fraction of sp³-hybridized carbons (Fsp3) is 0.483. The highest BCUT2D eigenvalue weighted by molar-refractivity contribution is 14.2. The molecule has 2 unspecified atom stereocenters. The molecule has 2 saturated heterocycles. The standard InChI is InChI=1S/C11H16N2.C10H18N2O2.C8H8IN4OP/c1-12-7-9-13(10-8-12)11-5-3-2-4-6-11;1-8(2)10(14)12-5-4-11(7-13)6-9(12)3;1-5(14)12-7-4-10-2-6-3-11-13(15-9)8(6)7/h2-6H,7-10H2,1H3;7-9H,4-6H2,1-3H3;2-4,15H,1H3,(H,12,14). The Labute approximate surface area is 263 Å². The van der Waals surface area contributed by atoms with Crippen molar-refractivity contribution < 1.29 is 14.4 Å². The van der Waals surface area contributed by atoms with Crippen LogP contribution in [0, 0.1) is 5.92 Å². The Bertz CT molecular complexity index is 1300. The Morgan fingerprint density at radius 2 is 1.74 bits per heavy atom. The van der Waals surface area contributed by atoms with Gasteiger partial charge in [0.15, 0.2) is 0 Å². The number of aromatic nitrogens is 3. The van der Waals surface area contributed by atoms with Gasteiger partial charge in [0.2, 0.25) is 18.2 Å². The number of fused-ring (bicyclic) bond motifs is 1. The van der Waals surface area contributed by atoms with Crippen LogP contribution in [0.2, 0.25) is 0 Å². The number of anilines is 2. The van der Waals surface area contributed by atoms with E-state index in [-0.39, 0.29) is 23.8 Å². The minimum absolute atomic E-state index is 0.0419. The first kappa shape index (κ1) is 33.7. The fourth-order valence-corrected chi connectivity index (χ4v) is 6.30. The van der Waals surface area contributed by atoms with Gasteiger partial charge in [-0.1, -0.05) is 32.0 Å². The van der Waals surface area contributed by atoms with Crippen LogP contribution in [0.5, 0.6) is 0 Å². The SMILES string of the molecule is CC(=O)Nc1cncc2cnn(PI)c12.CC(C)C(=O)N1CCN(C=O)CC1C.CN1CCN(c2ccccc2)CC1. The molecule has 0 radical (unpaired) electrons.